The number of hydrogen-bond donors (Lipinski definition) is 1. The van der Waals surface area contributed by atoms with Crippen LogP contribution in [0.1, 0.15) is 22.7 Å². The largest absolute Gasteiger partial charge is 0.507 e. The van der Waals surface area contributed by atoms with Gasteiger partial charge in [-0.05, 0) is 47.9 Å². The van der Waals surface area contributed by atoms with Crippen molar-refractivity contribution in [1.29, 1.82) is 0 Å². The molecule has 1 atom stereocenters. The van der Waals surface area contributed by atoms with E-state index < -0.39 is 23.5 Å². The summed E-state index contributed by atoms with van der Waals surface area (Å²) in [6.45, 7) is 0.118. The molecule has 0 radical (unpaired) electrons. The molecule has 1 heterocycles. The molecule has 1 aliphatic heterocycles. The van der Waals surface area contributed by atoms with Gasteiger partial charge in [0.2, 0.25) is 0 Å². The number of ether oxygens (including phenoxy) is 4. The molecule has 10 heteroatoms. The van der Waals surface area contributed by atoms with Crippen LogP contribution in [0.25, 0.3) is 5.76 Å². The van der Waals surface area contributed by atoms with Crippen molar-refractivity contribution in [3.05, 3.63) is 87.7 Å². The Balaban J connectivity index is 1.88. The Morgan fingerprint density at radius 1 is 0.872 bits per heavy atom. The van der Waals surface area contributed by atoms with Crippen molar-refractivity contribution in [3.63, 3.8) is 0 Å². The molecule has 1 N–H and O–H groups in total. The first-order valence-corrected chi connectivity index (χ1v) is 12.3. The van der Waals surface area contributed by atoms with Gasteiger partial charge in [0.1, 0.15) is 23.1 Å². The Labute approximate surface area is 230 Å². The quantitative estimate of drug-likeness (QED) is 0.221. The Kier molecular flexibility index (Phi) is 8.30. The van der Waals surface area contributed by atoms with Crippen molar-refractivity contribution in [2.24, 2.45) is 0 Å². The van der Waals surface area contributed by atoms with E-state index in [-0.39, 0.29) is 40.0 Å². The molecule has 1 unspecified atom stereocenters. The lowest BCUT2D eigenvalue weighted by molar-refractivity contribution is -0.139. The van der Waals surface area contributed by atoms with Gasteiger partial charge < -0.3 is 29.0 Å². The molecule has 3 aromatic carbocycles. The van der Waals surface area contributed by atoms with Gasteiger partial charge in [-0.3, -0.25) is 9.59 Å². The van der Waals surface area contributed by atoms with Crippen LogP contribution in [0, 0.1) is 5.82 Å². The molecule has 0 aliphatic carbocycles. The normalized spacial score (nSPS) is 16.4. The van der Waals surface area contributed by atoms with Crippen molar-refractivity contribution in [2.45, 2.75) is 12.5 Å². The highest BCUT2D eigenvalue weighted by Crippen LogP contribution is 2.44. The van der Waals surface area contributed by atoms with Gasteiger partial charge in [-0.1, -0.05) is 29.8 Å². The van der Waals surface area contributed by atoms with Crippen molar-refractivity contribution >= 4 is 29.1 Å². The third kappa shape index (κ3) is 5.35. The van der Waals surface area contributed by atoms with E-state index in [4.69, 9.17) is 30.5 Å². The summed E-state index contributed by atoms with van der Waals surface area (Å²) in [7, 11) is 5.77. The van der Waals surface area contributed by atoms with Crippen LogP contribution in [0.5, 0.6) is 23.0 Å². The van der Waals surface area contributed by atoms with Crippen molar-refractivity contribution in [1.82, 2.24) is 4.90 Å². The Hall–Kier alpha value is -4.24. The molecule has 204 valence electrons. The molecule has 0 bridgehead atoms. The second kappa shape index (κ2) is 11.7. The number of aliphatic hydroxyl groups excluding tert-OH is 1. The van der Waals surface area contributed by atoms with Crippen LogP contribution in [0.15, 0.2) is 60.2 Å². The van der Waals surface area contributed by atoms with Gasteiger partial charge in [0, 0.05) is 12.6 Å². The zero-order chi connectivity index (χ0) is 28.3. The number of nitrogens with zero attached hydrogens (tertiary/aromatic N) is 1. The monoisotopic (exact) mass is 555 g/mol. The van der Waals surface area contributed by atoms with E-state index in [1.807, 2.05) is 0 Å². The number of carbonyl (C=O) groups excluding carboxylic acids is 2. The second-order valence-electron chi connectivity index (χ2n) is 8.67. The minimum absolute atomic E-state index is 0.118. The number of ketones is 1. The zero-order valence-electron chi connectivity index (χ0n) is 21.8. The number of methoxy groups -OCH3 is 4. The lowest BCUT2D eigenvalue weighted by Crippen LogP contribution is -2.31. The third-order valence-electron chi connectivity index (χ3n) is 6.55. The molecular weight excluding hydrogens is 529 g/mol. The predicted octanol–water partition coefficient (Wildman–Crippen LogP) is 5.18. The van der Waals surface area contributed by atoms with Gasteiger partial charge in [0.25, 0.3) is 11.7 Å². The number of likely N-dealkylation sites (tertiary alicyclic amines) is 1. The average molecular weight is 556 g/mol. The molecule has 1 saturated heterocycles. The van der Waals surface area contributed by atoms with Crippen LogP contribution in [0.4, 0.5) is 4.39 Å². The minimum Gasteiger partial charge on any atom is -0.507 e. The molecule has 0 aromatic heterocycles. The van der Waals surface area contributed by atoms with E-state index in [2.05, 4.69) is 0 Å². The lowest BCUT2D eigenvalue weighted by atomic mass is 9.94. The van der Waals surface area contributed by atoms with Gasteiger partial charge in [0.05, 0.1) is 50.6 Å². The van der Waals surface area contributed by atoms with Crippen LogP contribution in [-0.4, -0.2) is 56.7 Å². The molecule has 8 nitrogen and oxygen atoms in total. The zero-order valence-corrected chi connectivity index (χ0v) is 22.5. The summed E-state index contributed by atoms with van der Waals surface area (Å²) in [5, 5.41) is 11.8. The molecule has 39 heavy (non-hydrogen) atoms. The second-order valence-corrected chi connectivity index (χ2v) is 9.08. The van der Waals surface area contributed by atoms with Gasteiger partial charge in [-0.15, -0.1) is 0 Å². The summed E-state index contributed by atoms with van der Waals surface area (Å²) in [5.74, 6) is -1.24. The van der Waals surface area contributed by atoms with Crippen molar-refractivity contribution in [3.8, 4) is 23.0 Å². The molecular formula is C29H27ClFNO7. The van der Waals surface area contributed by atoms with Crippen LogP contribution in [0.3, 0.4) is 0 Å². The van der Waals surface area contributed by atoms with E-state index in [0.29, 0.717) is 23.5 Å². The van der Waals surface area contributed by atoms with Gasteiger partial charge in [-0.2, -0.15) is 0 Å². The van der Waals surface area contributed by atoms with Crippen LogP contribution in [0.2, 0.25) is 5.02 Å². The van der Waals surface area contributed by atoms with E-state index in [0.717, 1.165) is 5.56 Å². The number of Topliss-reactive ketones (excluding diaryl/α,β-unsaturated/α-hetero) is 1. The molecule has 1 amide bonds. The van der Waals surface area contributed by atoms with Gasteiger partial charge in [-0.25, -0.2) is 4.39 Å². The Bertz CT molecular complexity index is 1440. The number of hydrogen-bond acceptors (Lipinski definition) is 7. The SMILES string of the molecule is COc1cc(/C(O)=C2\C(=O)C(=O)N(CCc3ccc(F)cc3)C2c2ccc(OC)c(OC)c2)c(OC)cc1Cl. The standard InChI is InChI=1S/C29H27ClFNO7/c1-36-21-10-7-17(13-24(21)39-4)26-25(27(33)19-14-23(38-3)20(30)15-22(19)37-2)28(34)29(35)32(26)12-11-16-5-8-18(31)9-6-16/h5-10,13-15,26,33H,11-12H2,1-4H3/b27-25+. The molecule has 4 rings (SSSR count). The molecule has 0 saturated carbocycles. The van der Waals surface area contributed by atoms with E-state index in [1.54, 1.807) is 30.3 Å². The van der Waals surface area contributed by atoms with Crippen LogP contribution < -0.4 is 18.9 Å². The minimum atomic E-state index is -0.975. The highest BCUT2D eigenvalue weighted by atomic mass is 35.5. The van der Waals surface area contributed by atoms with Gasteiger partial charge in [0.15, 0.2) is 11.5 Å². The summed E-state index contributed by atoms with van der Waals surface area (Å²) in [4.78, 5) is 28.2. The molecule has 1 aliphatic rings. The lowest BCUT2D eigenvalue weighted by Gasteiger charge is -2.26. The maximum atomic E-state index is 13.5. The number of benzene rings is 3. The number of amides is 1. The first-order chi connectivity index (χ1) is 18.7. The number of carbonyl (C=O) groups is 2. The third-order valence-corrected chi connectivity index (χ3v) is 6.84. The molecule has 3 aromatic rings. The maximum absolute atomic E-state index is 13.5. The summed E-state index contributed by atoms with van der Waals surface area (Å²) < 4.78 is 34.9. The fourth-order valence-corrected chi connectivity index (χ4v) is 4.80. The predicted molar refractivity (Wildman–Crippen MR) is 143 cm³/mol. The summed E-state index contributed by atoms with van der Waals surface area (Å²) in [6.07, 6.45) is 0.342. The topological polar surface area (TPSA) is 94.5 Å². The summed E-state index contributed by atoms with van der Waals surface area (Å²) in [6, 6.07) is 12.8. The highest BCUT2D eigenvalue weighted by Gasteiger charge is 2.46. The van der Waals surface area contributed by atoms with E-state index >= 15 is 0 Å². The van der Waals surface area contributed by atoms with Gasteiger partial charge >= 0.3 is 0 Å². The average Bonchev–Trinajstić information content (AvgIpc) is 3.20. The van der Waals surface area contributed by atoms with Crippen LogP contribution >= 0.6 is 11.6 Å². The Morgan fingerprint density at radius 3 is 2.13 bits per heavy atom. The van der Waals surface area contributed by atoms with Crippen LogP contribution in [-0.2, 0) is 16.0 Å². The fraction of sp³-hybridized carbons (Fsp3) is 0.241. The Morgan fingerprint density at radius 2 is 1.51 bits per heavy atom. The summed E-state index contributed by atoms with van der Waals surface area (Å²) in [5.41, 5.74) is 1.26. The highest BCUT2D eigenvalue weighted by molar-refractivity contribution is 6.46. The molecule has 1 fully saturated rings. The fourth-order valence-electron chi connectivity index (χ4n) is 4.57. The number of rotatable bonds is 9. The van der Waals surface area contributed by atoms with Crippen molar-refractivity contribution in [2.75, 3.05) is 35.0 Å². The number of aliphatic hydroxyl groups is 1. The maximum Gasteiger partial charge on any atom is 0.295 e. The van der Waals surface area contributed by atoms with E-state index in [1.165, 1.54) is 57.6 Å². The number of halogens is 2. The molecule has 0 spiro atoms. The van der Waals surface area contributed by atoms with E-state index in [9.17, 15) is 19.1 Å². The van der Waals surface area contributed by atoms with Crippen molar-refractivity contribution < 1.29 is 38.0 Å². The first-order valence-electron chi connectivity index (χ1n) is 11.9. The first kappa shape index (κ1) is 27.8. The smallest absolute Gasteiger partial charge is 0.295 e. The summed E-state index contributed by atoms with van der Waals surface area (Å²) >= 11 is 6.23.